The first-order valence-corrected chi connectivity index (χ1v) is 15.3. The van der Waals surface area contributed by atoms with Crippen molar-refractivity contribution >= 4 is 62.2 Å². The maximum atomic E-state index is 12.9. The van der Waals surface area contributed by atoms with Gasteiger partial charge in [0.05, 0.1) is 16.9 Å². The second-order valence-electron chi connectivity index (χ2n) is 10.4. The molecule has 0 amide bonds. The van der Waals surface area contributed by atoms with E-state index in [-0.39, 0.29) is 10.8 Å². The first kappa shape index (κ1) is 27.3. The number of ether oxygens (including phenoxy) is 1. The molecule has 11 nitrogen and oxygen atoms in total. The first-order chi connectivity index (χ1) is 21.2. The summed E-state index contributed by atoms with van der Waals surface area (Å²) in [5.41, 5.74) is 1.69. The van der Waals surface area contributed by atoms with Gasteiger partial charge in [-0.25, -0.2) is 15.0 Å². The molecule has 0 N–H and O–H groups in total. The monoisotopic (exact) mass is 604 g/mol. The van der Waals surface area contributed by atoms with Crippen molar-refractivity contribution in [3.8, 4) is 5.75 Å². The number of benzene rings is 2. The Bertz CT molecular complexity index is 1970. The van der Waals surface area contributed by atoms with Gasteiger partial charge in [0.25, 0.3) is 10.0 Å². The number of nitrogens with zero attached hydrogens (tertiary/aromatic N) is 8. The number of para-hydroxylation sites is 1. The topological polar surface area (TPSA) is 107 Å². The summed E-state index contributed by atoms with van der Waals surface area (Å²) in [4.78, 5) is 22.5. The highest BCUT2D eigenvalue weighted by Gasteiger charge is 2.32. The summed E-state index contributed by atoms with van der Waals surface area (Å²) in [5.74, 6) is 4.47. The summed E-state index contributed by atoms with van der Waals surface area (Å²) in [6.45, 7) is 0. The van der Waals surface area contributed by atoms with Crippen molar-refractivity contribution in [2.75, 3.05) is 47.8 Å². The highest BCUT2D eigenvalue weighted by molar-refractivity contribution is 7.90. The molecule has 5 heterocycles. The molecular formula is C32H28N8O3S. The molecule has 0 spiro atoms. The Kier molecular flexibility index (Phi) is 6.43. The van der Waals surface area contributed by atoms with E-state index in [9.17, 15) is 8.42 Å². The molecule has 220 valence electrons. The van der Waals surface area contributed by atoms with E-state index in [1.165, 1.54) is 6.07 Å². The van der Waals surface area contributed by atoms with Crippen LogP contribution in [0.1, 0.15) is 5.56 Å². The van der Waals surface area contributed by atoms with Crippen molar-refractivity contribution < 1.29 is 13.2 Å². The molecule has 5 aromatic rings. The minimum atomic E-state index is -3.90. The van der Waals surface area contributed by atoms with Gasteiger partial charge in [0.2, 0.25) is 5.90 Å². The van der Waals surface area contributed by atoms with Crippen LogP contribution in [0.3, 0.4) is 0 Å². The first-order valence-electron chi connectivity index (χ1n) is 13.8. The molecule has 12 heteroatoms. The van der Waals surface area contributed by atoms with Crippen LogP contribution in [0.15, 0.2) is 106 Å². The zero-order valence-electron chi connectivity index (χ0n) is 24.4. The maximum absolute atomic E-state index is 12.9. The molecule has 2 aliphatic rings. The van der Waals surface area contributed by atoms with Crippen LogP contribution in [0.5, 0.6) is 5.75 Å². The predicted octanol–water partition coefficient (Wildman–Crippen LogP) is 5.78. The third-order valence-corrected chi connectivity index (χ3v) is 9.03. The summed E-state index contributed by atoms with van der Waals surface area (Å²) in [6.07, 6.45) is 0. The van der Waals surface area contributed by atoms with E-state index in [0.717, 1.165) is 0 Å². The van der Waals surface area contributed by atoms with E-state index < -0.39 is 10.0 Å². The summed E-state index contributed by atoms with van der Waals surface area (Å²) in [5, 5.41) is 0. The SMILES string of the molecule is CN1c2cccc(n2)N(C)c2cccc(n2)N(C)c2cccc(c2OC2=NS(=O)(=O)c3ccccc32)N(C)c2cccc1n2. The molecule has 0 unspecified atom stereocenters. The molecule has 2 aliphatic heterocycles. The lowest BCUT2D eigenvalue weighted by Crippen LogP contribution is -2.21. The van der Waals surface area contributed by atoms with Crippen molar-refractivity contribution in [3.05, 3.63) is 103 Å². The molecule has 3 aromatic heterocycles. The quantitative estimate of drug-likeness (QED) is 0.234. The number of pyridine rings is 3. The Hall–Kier alpha value is -5.49. The average molecular weight is 605 g/mol. The van der Waals surface area contributed by atoms with Gasteiger partial charge in [-0.1, -0.05) is 36.4 Å². The number of anilines is 8. The van der Waals surface area contributed by atoms with Crippen LogP contribution in [0.2, 0.25) is 0 Å². The highest BCUT2D eigenvalue weighted by Crippen LogP contribution is 2.43. The second-order valence-corrected chi connectivity index (χ2v) is 12.0. The number of rotatable bonds is 1. The van der Waals surface area contributed by atoms with Gasteiger partial charge >= 0.3 is 0 Å². The smallest absolute Gasteiger partial charge is 0.286 e. The lowest BCUT2D eigenvalue weighted by atomic mass is 10.2. The van der Waals surface area contributed by atoms with Gasteiger partial charge in [0, 0.05) is 28.2 Å². The van der Waals surface area contributed by atoms with Crippen LogP contribution in [0.4, 0.5) is 46.3 Å². The van der Waals surface area contributed by atoms with E-state index in [0.29, 0.717) is 57.6 Å². The molecular weight excluding hydrogens is 576 g/mol. The Morgan fingerprint density at radius 2 is 0.932 bits per heavy atom. The molecule has 0 atom stereocenters. The number of hydrogen-bond acceptors (Lipinski definition) is 10. The van der Waals surface area contributed by atoms with Gasteiger partial charge < -0.3 is 24.3 Å². The van der Waals surface area contributed by atoms with Gasteiger partial charge in [0.15, 0.2) is 5.75 Å². The zero-order chi connectivity index (χ0) is 30.6. The fraction of sp³-hybridized carbons (Fsp3) is 0.125. The lowest BCUT2D eigenvalue weighted by molar-refractivity contribution is 0.554. The largest absolute Gasteiger partial charge is 0.433 e. The summed E-state index contributed by atoms with van der Waals surface area (Å²) >= 11 is 0. The fourth-order valence-corrected chi connectivity index (χ4v) is 6.37. The third-order valence-electron chi connectivity index (χ3n) is 7.71. The zero-order valence-corrected chi connectivity index (χ0v) is 25.3. The fourth-order valence-electron chi connectivity index (χ4n) is 5.23. The molecule has 8 bridgehead atoms. The van der Waals surface area contributed by atoms with E-state index in [1.807, 2.05) is 121 Å². The second kappa shape index (κ2) is 10.3. The van der Waals surface area contributed by atoms with Crippen molar-refractivity contribution in [2.24, 2.45) is 4.40 Å². The van der Waals surface area contributed by atoms with Crippen molar-refractivity contribution in [2.45, 2.75) is 4.90 Å². The van der Waals surface area contributed by atoms with Crippen LogP contribution in [0, 0.1) is 0 Å². The minimum Gasteiger partial charge on any atom is -0.433 e. The minimum absolute atomic E-state index is 0.00190. The van der Waals surface area contributed by atoms with E-state index in [4.69, 9.17) is 19.7 Å². The summed E-state index contributed by atoms with van der Waals surface area (Å²) in [7, 11) is 3.70. The van der Waals surface area contributed by atoms with Gasteiger partial charge in [-0.05, 0) is 60.7 Å². The van der Waals surface area contributed by atoms with Gasteiger partial charge in [0.1, 0.15) is 39.8 Å². The van der Waals surface area contributed by atoms with Crippen LogP contribution in [-0.2, 0) is 10.0 Å². The number of fused-ring (bicyclic) bond motifs is 9. The molecule has 0 aliphatic carbocycles. The van der Waals surface area contributed by atoms with E-state index in [2.05, 4.69) is 4.40 Å². The Morgan fingerprint density at radius 1 is 0.523 bits per heavy atom. The highest BCUT2D eigenvalue weighted by atomic mass is 32.2. The normalized spacial score (nSPS) is 15.1. The Labute approximate surface area is 255 Å². The Morgan fingerprint density at radius 3 is 1.41 bits per heavy atom. The number of sulfonamides is 1. The standard InChI is InChI=1S/C32H28N8O3S/c1-37-22-12-7-13-23(31(22)43-32-21-11-5-6-14-24(21)44(41,42)36-32)38(2)26-16-9-18-28(34-26)40(4)30-20-10-19-29(35-30)39(3)27-17-8-15-25(37)33-27/h5-20H,1-4H3. The molecule has 0 radical (unpaired) electrons. The third kappa shape index (κ3) is 4.56. The predicted molar refractivity (Wildman–Crippen MR) is 172 cm³/mol. The lowest BCUT2D eigenvalue weighted by Gasteiger charge is -2.29. The van der Waals surface area contributed by atoms with Crippen LogP contribution in [0.25, 0.3) is 0 Å². The molecule has 7 rings (SSSR count). The van der Waals surface area contributed by atoms with Crippen molar-refractivity contribution in [1.82, 2.24) is 15.0 Å². The van der Waals surface area contributed by atoms with Gasteiger partial charge in [-0.3, -0.25) is 0 Å². The van der Waals surface area contributed by atoms with Crippen LogP contribution < -0.4 is 24.3 Å². The van der Waals surface area contributed by atoms with Crippen molar-refractivity contribution in [1.29, 1.82) is 0 Å². The average Bonchev–Trinajstić information content (AvgIpc) is 3.32. The van der Waals surface area contributed by atoms with E-state index in [1.54, 1.807) is 18.2 Å². The van der Waals surface area contributed by atoms with Gasteiger partial charge in [-0.15, -0.1) is 4.40 Å². The molecule has 2 aromatic carbocycles. The maximum Gasteiger partial charge on any atom is 0.286 e. The summed E-state index contributed by atoms with van der Waals surface area (Å²) < 4.78 is 36.4. The summed E-state index contributed by atoms with van der Waals surface area (Å²) in [6, 6.07) is 29.7. The molecule has 0 fully saturated rings. The van der Waals surface area contributed by atoms with Crippen LogP contribution in [-0.4, -0.2) is 57.5 Å². The molecule has 44 heavy (non-hydrogen) atoms. The van der Waals surface area contributed by atoms with Gasteiger partial charge in [-0.2, -0.15) is 8.42 Å². The molecule has 0 saturated carbocycles. The number of aromatic nitrogens is 3. The van der Waals surface area contributed by atoms with Crippen LogP contribution >= 0.6 is 0 Å². The molecule has 0 saturated heterocycles. The van der Waals surface area contributed by atoms with Crippen molar-refractivity contribution in [3.63, 3.8) is 0 Å². The number of hydrogen-bond donors (Lipinski definition) is 0. The Balaban J connectivity index is 1.45. The van der Waals surface area contributed by atoms with E-state index >= 15 is 0 Å².